The zero-order valence-corrected chi connectivity index (χ0v) is 18.1. The molecular weight excluding hydrogens is 402 g/mol. The second kappa shape index (κ2) is 5.94. The van der Waals surface area contributed by atoms with Crippen LogP contribution in [0.15, 0.2) is 16.5 Å². The predicted octanol–water partition coefficient (Wildman–Crippen LogP) is 5.11. The van der Waals surface area contributed by atoms with Crippen LogP contribution >= 0.6 is 11.6 Å². The molecule has 158 valence electrons. The van der Waals surface area contributed by atoms with Crippen LogP contribution in [0.3, 0.4) is 0 Å². The maximum absolute atomic E-state index is 13.2. The van der Waals surface area contributed by atoms with E-state index in [1.54, 1.807) is 6.07 Å². The maximum Gasteiger partial charge on any atom is 0.319 e. The second-order valence-corrected chi connectivity index (χ2v) is 10.5. The number of nitrogens with one attached hydrogen (secondary N) is 2. The number of urea groups is 1. The van der Waals surface area contributed by atoms with Crippen molar-refractivity contribution in [3.8, 4) is 0 Å². The van der Waals surface area contributed by atoms with Gasteiger partial charge < -0.3 is 20.0 Å². The number of rotatable bonds is 1. The third-order valence-corrected chi connectivity index (χ3v) is 8.45. The van der Waals surface area contributed by atoms with Gasteiger partial charge in [-0.05, 0) is 42.2 Å². The fourth-order valence-corrected chi connectivity index (χ4v) is 6.50. The highest BCUT2D eigenvalue weighted by Crippen LogP contribution is 2.62. The van der Waals surface area contributed by atoms with Gasteiger partial charge in [0.15, 0.2) is 5.76 Å². The van der Waals surface area contributed by atoms with Crippen LogP contribution in [0.1, 0.15) is 62.1 Å². The van der Waals surface area contributed by atoms with Gasteiger partial charge in [0, 0.05) is 24.0 Å². The molecule has 1 spiro atoms. The molecule has 6 rings (SSSR count). The van der Waals surface area contributed by atoms with Gasteiger partial charge in [0.05, 0.1) is 16.2 Å². The number of fused-ring (bicyclic) bond motifs is 5. The Morgan fingerprint density at radius 1 is 1.17 bits per heavy atom. The number of piperidine rings is 1. The van der Waals surface area contributed by atoms with Crippen LogP contribution in [0.2, 0.25) is 5.02 Å². The van der Waals surface area contributed by atoms with Gasteiger partial charge in [-0.2, -0.15) is 0 Å². The van der Waals surface area contributed by atoms with E-state index in [1.807, 2.05) is 11.0 Å². The number of amides is 3. The molecule has 4 aliphatic rings. The van der Waals surface area contributed by atoms with Gasteiger partial charge in [-0.25, -0.2) is 4.79 Å². The van der Waals surface area contributed by atoms with Crippen molar-refractivity contribution in [3.05, 3.63) is 28.5 Å². The highest BCUT2D eigenvalue weighted by molar-refractivity contribution is 6.35. The largest absolute Gasteiger partial charge is 0.450 e. The summed E-state index contributed by atoms with van der Waals surface area (Å²) < 4.78 is 6.22. The van der Waals surface area contributed by atoms with Crippen LogP contribution < -0.4 is 10.6 Å². The summed E-state index contributed by atoms with van der Waals surface area (Å²) in [5, 5.41) is 7.33. The van der Waals surface area contributed by atoms with Crippen LogP contribution in [-0.4, -0.2) is 29.9 Å². The first kappa shape index (κ1) is 18.6. The molecule has 2 atom stereocenters. The Balaban J connectivity index is 1.43. The predicted molar refractivity (Wildman–Crippen MR) is 115 cm³/mol. The Morgan fingerprint density at radius 2 is 1.87 bits per heavy atom. The Labute approximate surface area is 180 Å². The summed E-state index contributed by atoms with van der Waals surface area (Å²) in [6.45, 7) is 6.16. The third-order valence-electron chi connectivity index (χ3n) is 8.16. The lowest BCUT2D eigenvalue weighted by atomic mass is 9.74. The quantitative estimate of drug-likeness (QED) is 0.664. The fraction of sp³-hybridized carbons (Fsp3) is 0.565. The van der Waals surface area contributed by atoms with Crippen molar-refractivity contribution >= 4 is 40.2 Å². The highest BCUT2D eigenvalue weighted by atomic mass is 35.5. The molecule has 0 radical (unpaired) electrons. The second-order valence-electron chi connectivity index (χ2n) is 10.1. The number of halogens is 1. The summed E-state index contributed by atoms with van der Waals surface area (Å²) in [4.78, 5) is 27.5. The Morgan fingerprint density at radius 3 is 2.57 bits per heavy atom. The van der Waals surface area contributed by atoms with Gasteiger partial charge in [-0.15, -0.1) is 0 Å². The molecule has 3 heterocycles. The summed E-state index contributed by atoms with van der Waals surface area (Å²) in [5.41, 5.74) is 2.04. The lowest BCUT2D eigenvalue weighted by molar-refractivity contribution is 0.0728. The van der Waals surface area contributed by atoms with E-state index in [4.69, 9.17) is 16.0 Å². The van der Waals surface area contributed by atoms with Gasteiger partial charge in [-0.1, -0.05) is 44.7 Å². The van der Waals surface area contributed by atoms with Gasteiger partial charge in [0.1, 0.15) is 5.58 Å². The molecule has 2 aliphatic carbocycles. The lowest BCUT2D eigenvalue weighted by Crippen LogP contribution is -2.52. The zero-order chi connectivity index (χ0) is 20.8. The van der Waals surface area contributed by atoms with Crippen LogP contribution in [0.25, 0.3) is 11.0 Å². The Hall–Kier alpha value is -2.21. The number of nitrogens with zero attached hydrogens (tertiary/aromatic N) is 1. The topological polar surface area (TPSA) is 74.6 Å². The number of hydrogen-bond donors (Lipinski definition) is 2. The SMILES string of the molecule is CC1(C)C2CN(C(=O)c3cc4cc(Cl)c5c(c4o3)C3(CCCCC3)NC(=O)N5)CC21. The molecule has 2 aromatic rings. The molecule has 2 unspecified atom stereocenters. The van der Waals surface area contributed by atoms with E-state index in [9.17, 15) is 9.59 Å². The van der Waals surface area contributed by atoms with Crippen LogP contribution in [0, 0.1) is 17.3 Å². The van der Waals surface area contributed by atoms with Crippen LogP contribution in [-0.2, 0) is 5.54 Å². The number of furan rings is 1. The Bertz CT molecular complexity index is 1080. The molecule has 2 N–H and O–H groups in total. The summed E-state index contributed by atoms with van der Waals surface area (Å²) >= 11 is 6.58. The van der Waals surface area contributed by atoms with Gasteiger partial charge in [-0.3, -0.25) is 4.79 Å². The van der Waals surface area contributed by atoms with E-state index in [2.05, 4.69) is 24.5 Å². The minimum atomic E-state index is -0.490. The molecule has 3 fully saturated rings. The number of benzene rings is 1. The van der Waals surface area contributed by atoms with Crippen LogP contribution in [0.4, 0.5) is 10.5 Å². The maximum atomic E-state index is 13.2. The molecule has 3 amide bonds. The van der Waals surface area contributed by atoms with Crippen molar-refractivity contribution in [1.29, 1.82) is 0 Å². The zero-order valence-electron chi connectivity index (χ0n) is 17.3. The average molecular weight is 428 g/mol. The molecule has 1 saturated heterocycles. The summed E-state index contributed by atoms with van der Waals surface area (Å²) in [6.07, 6.45) is 4.91. The lowest BCUT2D eigenvalue weighted by Gasteiger charge is -2.42. The Kier molecular flexibility index (Phi) is 3.67. The van der Waals surface area contributed by atoms with Crippen molar-refractivity contribution in [1.82, 2.24) is 10.2 Å². The molecule has 1 aromatic carbocycles. The minimum Gasteiger partial charge on any atom is -0.450 e. The molecule has 2 saturated carbocycles. The first-order valence-corrected chi connectivity index (χ1v) is 11.3. The molecular formula is C23H26ClN3O3. The number of carbonyl (C=O) groups excluding carboxylic acids is 2. The third kappa shape index (κ3) is 2.43. The normalized spacial score (nSPS) is 28.1. The summed E-state index contributed by atoms with van der Waals surface area (Å²) in [5.74, 6) is 1.50. The molecule has 30 heavy (non-hydrogen) atoms. The molecule has 7 heteroatoms. The van der Waals surface area contributed by atoms with E-state index < -0.39 is 5.54 Å². The van der Waals surface area contributed by atoms with Crippen molar-refractivity contribution in [2.45, 2.75) is 51.5 Å². The molecule has 1 aromatic heterocycles. The van der Waals surface area contributed by atoms with Gasteiger partial charge >= 0.3 is 6.03 Å². The van der Waals surface area contributed by atoms with E-state index >= 15 is 0 Å². The summed E-state index contributed by atoms with van der Waals surface area (Å²) in [7, 11) is 0. The van der Waals surface area contributed by atoms with Crippen molar-refractivity contribution in [2.75, 3.05) is 18.4 Å². The first-order valence-electron chi connectivity index (χ1n) is 11.0. The fourth-order valence-electron chi connectivity index (χ4n) is 6.24. The number of anilines is 1. The van der Waals surface area contributed by atoms with E-state index in [-0.39, 0.29) is 11.9 Å². The molecule has 6 nitrogen and oxygen atoms in total. The number of carbonyl (C=O) groups is 2. The molecule has 2 aliphatic heterocycles. The van der Waals surface area contributed by atoms with Crippen molar-refractivity contribution in [3.63, 3.8) is 0 Å². The minimum absolute atomic E-state index is 0.0513. The van der Waals surface area contributed by atoms with Gasteiger partial charge in [0.2, 0.25) is 0 Å². The highest BCUT2D eigenvalue weighted by Gasteiger charge is 2.62. The summed E-state index contributed by atoms with van der Waals surface area (Å²) in [6, 6.07) is 3.38. The smallest absolute Gasteiger partial charge is 0.319 e. The van der Waals surface area contributed by atoms with E-state index in [1.165, 1.54) is 0 Å². The van der Waals surface area contributed by atoms with Crippen LogP contribution in [0.5, 0.6) is 0 Å². The van der Waals surface area contributed by atoms with Crippen molar-refractivity contribution < 1.29 is 14.0 Å². The number of likely N-dealkylation sites (tertiary alicyclic amines) is 1. The van der Waals surface area contributed by atoms with E-state index in [0.29, 0.717) is 39.3 Å². The first-order chi connectivity index (χ1) is 14.3. The van der Waals surface area contributed by atoms with E-state index in [0.717, 1.165) is 56.1 Å². The standard InChI is InChI=1S/C23H26ClN3O3/c1-22(2)13-10-27(11-14(13)22)20(28)16-9-12-8-15(24)18-17(19(12)30-16)23(26-21(29)25-18)6-4-3-5-7-23/h8-9,13-14H,3-7,10-11H2,1-2H3,(H2,25,26,29). The average Bonchev–Trinajstić information content (AvgIpc) is 3.12. The number of hydrogen-bond acceptors (Lipinski definition) is 3. The van der Waals surface area contributed by atoms with Crippen molar-refractivity contribution in [2.24, 2.45) is 17.3 Å². The molecule has 0 bridgehead atoms. The van der Waals surface area contributed by atoms with Gasteiger partial charge in [0.25, 0.3) is 5.91 Å². The monoisotopic (exact) mass is 427 g/mol.